The van der Waals surface area contributed by atoms with Gasteiger partial charge in [-0.05, 0) is 49.1 Å². The molecule has 1 N–H and O–H groups in total. The number of likely N-dealkylation sites (tertiary alicyclic amines) is 1. The molecule has 1 aliphatic rings. The summed E-state index contributed by atoms with van der Waals surface area (Å²) >= 11 is 1.61. The summed E-state index contributed by atoms with van der Waals surface area (Å²) in [4.78, 5) is 24.0. The van der Waals surface area contributed by atoms with Gasteiger partial charge in [-0.15, -0.1) is 11.3 Å². The third-order valence-corrected chi connectivity index (χ3v) is 6.04. The van der Waals surface area contributed by atoms with Crippen molar-refractivity contribution in [2.75, 3.05) is 13.1 Å². The number of hydrogen-bond acceptors (Lipinski definition) is 5. The van der Waals surface area contributed by atoms with E-state index in [0.717, 1.165) is 37.5 Å². The molecule has 2 atom stereocenters. The smallest absolute Gasteiger partial charge is 0.251 e. The summed E-state index contributed by atoms with van der Waals surface area (Å²) in [7, 11) is 0. The van der Waals surface area contributed by atoms with Gasteiger partial charge in [-0.3, -0.25) is 14.7 Å². The van der Waals surface area contributed by atoms with Crippen molar-refractivity contribution in [1.29, 1.82) is 0 Å². The van der Waals surface area contributed by atoms with Crippen LogP contribution < -0.4 is 5.32 Å². The Hall–Kier alpha value is -2.57. The molecule has 5 nitrogen and oxygen atoms in total. The van der Waals surface area contributed by atoms with Gasteiger partial charge in [0.1, 0.15) is 5.01 Å². The Bertz CT molecular complexity index is 870. The highest BCUT2D eigenvalue weighted by Crippen LogP contribution is 2.31. The van der Waals surface area contributed by atoms with E-state index in [-0.39, 0.29) is 11.9 Å². The summed E-state index contributed by atoms with van der Waals surface area (Å²) in [5.74, 6) is 0.300. The van der Waals surface area contributed by atoms with Crippen molar-refractivity contribution in [1.82, 2.24) is 20.2 Å². The number of rotatable bonds is 6. The van der Waals surface area contributed by atoms with Gasteiger partial charge in [0.15, 0.2) is 0 Å². The maximum absolute atomic E-state index is 12.8. The number of benzene rings is 1. The zero-order chi connectivity index (χ0) is 19.2. The average Bonchev–Trinajstić information content (AvgIpc) is 3.28. The van der Waals surface area contributed by atoms with Crippen LogP contribution in [0.4, 0.5) is 0 Å². The van der Waals surface area contributed by atoms with Crippen LogP contribution in [0.1, 0.15) is 39.8 Å². The summed E-state index contributed by atoms with van der Waals surface area (Å²) in [6, 6.07) is 13.4. The van der Waals surface area contributed by atoms with E-state index in [2.05, 4.69) is 26.3 Å². The minimum absolute atomic E-state index is 0.0369. The van der Waals surface area contributed by atoms with Gasteiger partial charge in [-0.2, -0.15) is 0 Å². The minimum Gasteiger partial charge on any atom is -0.342 e. The van der Waals surface area contributed by atoms with Gasteiger partial charge in [-0.25, -0.2) is 4.98 Å². The van der Waals surface area contributed by atoms with E-state index in [1.807, 2.05) is 54.2 Å². The lowest BCUT2D eigenvalue weighted by molar-refractivity contribution is 0.0877. The maximum Gasteiger partial charge on any atom is 0.251 e. The van der Waals surface area contributed by atoms with Gasteiger partial charge >= 0.3 is 0 Å². The fourth-order valence-electron chi connectivity index (χ4n) is 3.84. The van der Waals surface area contributed by atoms with Gasteiger partial charge in [0.05, 0.1) is 6.04 Å². The van der Waals surface area contributed by atoms with Crippen LogP contribution in [-0.2, 0) is 6.54 Å². The molecule has 28 heavy (non-hydrogen) atoms. The van der Waals surface area contributed by atoms with Crippen LogP contribution in [0.15, 0.2) is 66.4 Å². The standard InChI is InChI=1S/C22H24N4OS/c27-21(18-7-2-1-3-8-18)25-20(22-24-11-13-28-22)19-9-5-12-26(16-19)15-17-6-4-10-23-14-17/h1-4,6-8,10-11,13-14,19-20H,5,9,12,15-16H2,(H,25,27)/t19-,20+/m1/s1. The molecule has 1 amide bonds. The van der Waals surface area contributed by atoms with Crippen LogP contribution in [0.5, 0.6) is 0 Å². The van der Waals surface area contributed by atoms with E-state index in [1.165, 1.54) is 5.56 Å². The quantitative estimate of drug-likeness (QED) is 0.691. The number of pyridine rings is 1. The Morgan fingerprint density at radius 3 is 2.86 bits per heavy atom. The van der Waals surface area contributed by atoms with Crippen LogP contribution >= 0.6 is 11.3 Å². The number of piperidine rings is 1. The van der Waals surface area contributed by atoms with Crippen LogP contribution in [0, 0.1) is 5.92 Å². The summed E-state index contributed by atoms with van der Waals surface area (Å²) in [6.45, 7) is 2.90. The molecule has 3 heterocycles. The Balaban J connectivity index is 1.49. The highest BCUT2D eigenvalue weighted by molar-refractivity contribution is 7.09. The monoisotopic (exact) mass is 392 g/mol. The lowest BCUT2D eigenvalue weighted by Gasteiger charge is -2.36. The Morgan fingerprint density at radius 1 is 1.21 bits per heavy atom. The van der Waals surface area contributed by atoms with E-state index in [4.69, 9.17) is 0 Å². The lowest BCUT2D eigenvalue weighted by Crippen LogP contribution is -2.42. The molecular weight excluding hydrogens is 368 g/mol. The Labute approximate surface area is 169 Å². The summed E-state index contributed by atoms with van der Waals surface area (Å²) < 4.78 is 0. The molecule has 0 saturated carbocycles. The van der Waals surface area contributed by atoms with E-state index < -0.39 is 0 Å². The second-order valence-electron chi connectivity index (χ2n) is 7.19. The largest absolute Gasteiger partial charge is 0.342 e. The molecule has 144 valence electrons. The first-order valence-corrected chi connectivity index (χ1v) is 10.5. The van der Waals surface area contributed by atoms with Crippen molar-refractivity contribution >= 4 is 17.2 Å². The third kappa shape index (κ3) is 4.64. The number of nitrogens with one attached hydrogen (secondary N) is 1. The van der Waals surface area contributed by atoms with Crippen LogP contribution in [0.3, 0.4) is 0 Å². The number of hydrogen-bond donors (Lipinski definition) is 1. The molecule has 0 radical (unpaired) electrons. The second kappa shape index (κ2) is 9.08. The topological polar surface area (TPSA) is 58.1 Å². The summed E-state index contributed by atoms with van der Waals surface area (Å²) in [5.41, 5.74) is 1.91. The predicted octanol–water partition coefficient (Wildman–Crippen LogP) is 3.92. The number of aromatic nitrogens is 2. The Kier molecular flexibility index (Phi) is 6.09. The number of amides is 1. The fourth-order valence-corrected chi connectivity index (χ4v) is 4.62. The lowest BCUT2D eigenvalue weighted by atomic mass is 9.90. The highest BCUT2D eigenvalue weighted by Gasteiger charge is 2.31. The molecule has 1 aromatic carbocycles. The zero-order valence-corrected chi connectivity index (χ0v) is 16.5. The normalized spacial score (nSPS) is 18.5. The van der Waals surface area contributed by atoms with Crippen LogP contribution in [0.2, 0.25) is 0 Å². The Morgan fingerprint density at radius 2 is 2.11 bits per heavy atom. The second-order valence-corrected chi connectivity index (χ2v) is 8.11. The summed E-state index contributed by atoms with van der Waals surface area (Å²) in [5, 5.41) is 6.22. The van der Waals surface area contributed by atoms with Gasteiger partial charge in [0.25, 0.3) is 5.91 Å². The molecule has 1 fully saturated rings. The van der Waals surface area contributed by atoms with Crippen molar-refractivity contribution in [2.24, 2.45) is 5.92 Å². The van der Waals surface area contributed by atoms with Crippen LogP contribution in [0.25, 0.3) is 0 Å². The molecule has 4 rings (SSSR count). The van der Waals surface area contributed by atoms with Crippen molar-refractivity contribution in [3.63, 3.8) is 0 Å². The summed E-state index contributed by atoms with van der Waals surface area (Å²) in [6.07, 6.45) is 7.76. The molecule has 0 unspecified atom stereocenters. The first-order chi connectivity index (χ1) is 13.8. The van der Waals surface area contributed by atoms with Crippen molar-refractivity contribution in [2.45, 2.75) is 25.4 Å². The third-order valence-electron chi connectivity index (χ3n) is 5.18. The van der Waals surface area contributed by atoms with Crippen molar-refractivity contribution in [3.05, 3.63) is 82.6 Å². The van der Waals surface area contributed by atoms with E-state index in [0.29, 0.717) is 11.5 Å². The maximum atomic E-state index is 12.8. The first kappa shape index (κ1) is 18.8. The van der Waals surface area contributed by atoms with Crippen LogP contribution in [-0.4, -0.2) is 33.9 Å². The SMILES string of the molecule is O=C(N[C@H](c1nccs1)[C@@H]1CCCN(Cc2cccnc2)C1)c1ccccc1. The minimum atomic E-state index is -0.0654. The molecule has 0 spiro atoms. The van der Waals surface area contributed by atoms with Gasteiger partial charge < -0.3 is 5.32 Å². The molecule has 3 aromatic rings. The number of carbonyl (C=O) groups excluding carboxylic acids is 1. The van der Waals surface area contributed by atoms with E-state index >= 15 is 0 Å². The molecule has 1 saturated heterocycles. The van der Waals surface area contributed by atoms with E-state index in [1.54, 1.807) is 17.5 Å². The van der Waals surface area contributed by atoms with Gasteiger partial charge in [0.2, 0.25) is 0 Å². The molecule has 6 heteroatoms. The number of thiazole rings is 1. The first-order valence-electron chi connectivity index (χ1n) is 9.66. The van der Waals surface area contributed by atoms with Crippen molar-refractivity contribution in [3.8, 4) is 0 Å². The van der Waals surface area contributed by atoms with Gasteiger partial charge in [-0.1, -0.05) is 24.3 Å². The van der Waals surface area contributed by atoms with Gasteiger partial charge in [0, 0.05) is 42.6 Å². The van der Waals surface area contributed by atoms with Crippen molar-refractivity contribution < 1.29 is 4.79 Å². The molecular formula is C22H24N4OS. The average molecular weight is 393 g/mol. The highest BCUT2D eigenvalue weighted by atomic mass is 32.1. The number of nitrogens with zero attached hydrogens (tertiary/aromatic N) is 3. The van der Waals surface area contributed by atoms with E-state index in [9.17, 15) is 4.79 Å². The molecule has 2 aromatic heterocycles. The number of carbonyl (C=O) groups is 1. The fraction of sp³-hybridized carbons (Fsp3) is 0.318. The molecule has 1 aliphatic heterocycles. The molecule has 0 bridgehead atoms. The molecule has 0 aliphatic carbocycles. The zero-order valence-electron chi connectivity index (χ0n) is 15.7. The predicted molar refractivity (Wildman–Crippen MR) is 111 cm³/mol.